The fourth-order valence-electron chi connectivity index (χ4n) is 2.76. The molecular formula is C18H22N2O3S. The summed E-state index contributed by atoms with van der Waals surface area (Å²) in [5.41, 5.74) is 3.21. The van der Waals surface area contributed by atoms with Crippen LogP contribution >= 0.6 is 11.3 Å². The van der Waals surface area contributed by atoms with Crippen molar-refractivity contribution >= 4 is 22.9 Å². The molecule has 0 saturated carbocycles. The summed E-state index contributed by atoms with van der Waals surface area (Å²) in [4.78, 5) is 15.5. The van der Waals surface area contributed by atoms with Gasteiger partial charge in [-0.2, -0.15) is 0 Å². The molecule has 5 nitrogen and oxygen atoms in total. The molecule has 0 spiro atoms. The first-order valence-corrected chi connectivity index (χ1v) is 8.83. The number of fused-ring (bicyclic) bond motifs is 1. The Morgan fingerprint density at radius 1 is 1.42 bits per heavy atom. The summed E-state index contributed by atoms with van der Waals surface area (Å²) in [6, 6.07) is 7.94. The molecule has 0 radical (unpaired) electrons. The van der Waals surface area contributed by atoms with E-state index in [1.165, 1.54) is 17.6 Å². The van der Waals surface area contributed by atoms with Crippen LogP contribution in [0.3, 0.4) is 0 Å². The molecule has 3 rings (SSSR count). The summed E-state index contributed by atoms with van der Waals surface area (Å²) in [5.74, 6) is 0.739. The maximum atomic E-state index is 11.7. The van der Waals surface area contributed by atoms with E-state index < -0.39 is 0 Å². The number of thiophene rings is 1. The number of methoxy groups -OCH3 is 1. The zero-order valence-corrected chi connectivity index (χ0v) is 14.8. The highest BCUT2D eigenvalue weighted by Gasteiger charge is 2.17. The molecule has 1 aliphatic rings. The highest BCUT2D eigenvalue weighted by molar-refractivity contribution is 7.10. The first-order chi connectivity index (χ1) is 11.7. The van der Waals surface area contributed by atoms with Gasteiger partial charge < -0.3 is 14.8 Å². The number of ether oxygens (including phenoxy) is 2. The molecule has 128 valence electrons. The fraction of sp³-hybridized carbons (Fsp3) is 0.389. The smallest absolute Gasteiger partial charge is 0.250 e. The molecular weight excluding hydrogens is 324 g/mol. The average Bonchev–Trinajstić information content (AvgIpc) is 2.83. The number of benzene rings is 1. The molecule has 2 heterocycles. The Kier molecular flexibility index (Phi) is 5.50. The van der Waals surface area contributed by atoms with Crippen LogP contribution in [0.15, 0.2) is 29.6 Å². The topological polar surface area (TPSA) is 50.8 Å². The maximum absolute atomic E-state index is 11.7. The van der Waals surface area contributed by atoms with Gasteiger partial charge in [0.25, 0.3) is 0 Å². The standard InChI is InChI=1S/C18H22N2O3S/c1-13-5-8-24-17(13)11-20-6-7-23-16-4-3-15(9-14(16)10-20)19-18(21)12-22-2/h3-5,8-9H,6-7,10-12H2,1-2H3,(H,19,21). The molecule has 0 aliphatic carbocycles. The minimum absolute atomic E-state index is 0.0529. The molecule has 1 aromatic heterocycles. The average molecular weight is 346 g/mol. The largest absolute Gasteiger partial charge is 0.492 e. The zero-order chi connectivity index (χ0) is 16.9. The second-order valence-electron chi connectivity index (χ2n) is 5.89. The summed E-state index contributed by atoms with van der Waals surface area (Å²) < 4.78 is 10.7. The molecule has 1 aliphatic heterocycles. The van der Waals surface area contributed by atoms with Crippen LogP contribution in [-0.4, -0.2) is 37.7 Å². The summed E-state index contributed by atoms with van der Waals surface area (Å²) in [6.45, 7) is 5.49. The predicted octanol–water partition coefficient (Wildman–Crippen LogP) is 3.04. The van der Waals surface area contributed by atoms with E-state index in [2.05, 4.69) is 28.6 Å². The lowest BCUT2D eigenvalue weighted by atomic mass is 10.1. The summed E-state index contributed by atoms with van der Waals surface area (Å²) in [6.07, 6.45) is 0. The Hall–Kier alpha value is -1.89. The molecule has 1 aromatic carbocycles. The summed E-state index contributed by atoms with van der Waals surface area (Å²) in [7, 11) is 1.51. The van der Waals surface area contributed by atoms with Gasteiger partial charge in [0.15, 0.2) is 0 Å². The van der Waals surface area contributed by atoms with Gasteiger partial charge in [0.2, 0.25) is 5.91 Å². The number of hydrogen-bond donors (Lipinski definition) is 1. The van der Waals surface area contributed by atoms with Gasteiger partial charge in [-0.05, 0) is 42.1 Å². The fourth-order valence-corrected chi connectivity index (χ4v) is 3.71. The Labute approximate surface area is 146 Å². The number of hydrogen-bond acceptors (Lipinski definition) is 5. The zero-order valence-electron chi connectivity index (χ0n) is 14.0. The Morgan fingerprint density at radius 3 is 3.04 bits per heavy atom. The molecule has 0 atom stereocenters. The van der Waals surface area contributed by atoms with E-state index in [1.807, 2.05) is 18.2 Å². The SMILES string of the molecule is COCC(=O)Nc1ccc2c(c1)CN(Cc1sccc1C)CCO2. The van der Waals surface area contributed by atoms with E-state index in [0.717, 1.165) is 36.6 Å². The molecule has 1 amide bonds. The van der Waals surface area contributed by atoms with Crippen molar-refractivity contribution in [2.24, 2.45) is 0 Å². The number of aryl methyl sites for hydroxylation is 1. The highest BCUT2D eigenvalue weighted by Crippen LogP contribution is 2.28. The van der Waals surface area contributed by atoms with Crippen molar-refractivity contribution in [1.29, 1.82) is 0 Å². The van der Waals surface area contributed by atoms with Gasteiger partial charge in [0, 0.05) is 42.9 Å². The molecule has 24 heavy (non-hydrogen) atoms. The lowest BCUT2D eigenvalue weighted by Crippen LogP contribution is -2.25. The Bertz CT molecular complexity index is 714. The second kappa shape index (κ2) is 7.79. The number of carbonyl (C=O) groups excluding carboxylic acids is 1. The van der Waals surface area contributed by atoms with E-state index in [-0.39, 0.29) is 12.5 Å². The van der Waals surface area contributed by atoms with Crippen LogP contribution < -0.4 is 10.1 Å². The van der Waals surface area contributed by atoms with Gasteiger partial charge in [0.1, 0.15) is 19.0 Å². The lowest BCUT2D eigenvalue weighted by Gasteiger charge is -2.19. The van der Waals surface area contributed by atoms with Crippen LogP contribution in [0.25, 0.3) is 0 Å². The third-order valence-electron chi connectivity index (χ3n) is 4.01. The van der Waals surface area contributed by atoms with Crippen molar-refractivity contribution in [2.45, 2.75) is 20.0 Å². The molecule has 1 N–H and O–H groups in total. The number of nitrogens with zero attached hydrogens (tertiary/aromatic N) is 1. The van der Waals surface area contributed by atoms with Crippen molar-refractivity contribution in [1.82, 2.24) is 4.90 Å². The summed E-state index contributed by atoms with van der Waals surface area (Å²) >= 11 is 1.79. The number of carbonyl (C=O) groups is 1. The highest BCUT2D eigenvalue weighted by atomic mass is 32.1. The monoisotopic (exact) mass is 346 g/mol. The minimum Gasteiger partial charge on any atom is -0.492 e. The van der Waals surface area contributed by atoms with Gasteiger partial charge in [-0.25, -0.2) is 0 Å². The first kappa shape index (κ1) is 17.0. The van der Waals surface area contributed by atoms with E-state index in [0.29, 0.717) is 6.61 Å². The van der Waals surface area contributed by atoms with Crippen LogP contribution in [0.1, 0.15) is 16.0 Å². The third-order valence-corrected chi connectivity index (χ3v) is 5.02. The summed E-state index contributed by atoms with van der Waals surface area (Å²) in [5, 5.41) is 4.98. The number of anilines is 1. The number of amides is 1. The lowest BCUT2D eigenvalue weighted by molar-refractivity contribution is -0.119. The molecule has 2 aromatic rings. The van der Waals surface area contributed by atoms with Gasteiger partial charge >= 0.3 is 0 Å². The third kappa shape index (κ3) is 4.14. The second-order valence-corrected chi connectivity index (χ2v) is 6.89. The quantitative estimate of drug-likeness (QED) is 0.904. The van der Waals surface area contributed by atoms with E-state index in [4.69, 9.17) is 9.47 Å². The van der Waals surface area contributed by atoms with E-state index in [1.54, 1.807) is 11.3 Å². The normalized spacial score (nSPS) is 14.6. The van der Waals surface area contributed by atoms with Gasteiger partial charge in [-0.1, -0.05) is 0 Å². The maximum Gasteiger partial charge on any atom is 0.250 e. The van der Waals surface area contributed by atoms with Crippen molar-refractivity contribution in [3.8, 4) is 5.75 Å². The molecule has 0 saturated heterocycles. The molecule has 0 fully saturated rings. The van der Waals surface area contributed by atoms with Crippen molar-refractivity contribution in [3.05, 3.63) is 45.6 Å². The van der Waals surface area contributed by atoms with Crippen LogP contribution in [0.5, 0.6) is 5.75 Å². The minimum atomic E-state index is -0.155. The van der Waals surface area contributed by atoms with E-state index in [9.17, 15) is 4.79 Å². The van der Waals surface area contributed by atoms with Crippen LogP contribution in [0.2, 0.25) is 0 Å². The van der Waals surface area contributed by atoms with Crippen LogP contribution in [-0.2, 0) is 22.6 Å². The van der Waals surface area contributed by atoms with Gasteiger partial charge in [0.05, 0.1) is 0 Å². The van der Waals surface area contributed by atoms with E-state index >= 15 is 0 Å². The Morgan fingerprint density at radius 2 is 2.29 bits per heavy atom. The molecule has 6 heteroatoms. The Balaban J connectivity index is 1.73. The predicted molar refractivity (Wildman–Crippen MR) is 95.6 cm³/mol. The van der Waals surface area contributed by atoms with Crippen molar-refractivity contribution in [2.75, 3.05) is 32.2 Å². The number of nitrogens with one attached hydrogen (secondary N) is 1. The molecule has 0 unspecified atom stereocenters. The van der Waals surface area contributed by atoms with Crippen molar-refractivity contribution in [3.63, 3.8) is 0 Å². The number of rotatable bonds is 5. The van der Waals surface area contributed by atoms with Crippen molar-refractivity contribution < 1.29 is 14.3 Å². The van der Waals surface area contributed by atoms with Gasteiger partial charge in [-0.15, -0.1) is 11.3 Å². The molecule has 0 bridgehead atoms. The van der Waals surface area contributed by atoms with Crippen LogP contribution in [0, 0.1) is 6.92 Å². The van der Waals surface area contributed by atoms with Gasteiger partial charge in [-0.3, -0.25) is 9.69 Å². The van der Waals surface area contributed by atoms with Crippen LogP contribution in [0.4, 0.5) is 5.69 Å². The first-order valence-electron chi connectivity index (χ1n) is 7.95.